The van der Waals surface area contributed by atoms with Gasteiger partial charge in [-0.1, -0.05) is 12.1 Å². The number of benzene rings is 1. The Hall–Kier alpha value is -3.07. The smallest absolute Gasteiger partial charge is 0.246 e. The summed E-state index contributed by atoms with van der Waals surface area (Å²) in [5.74, 6) is 1.61. The lowest BCUT2D eigenvalue weighted by Crippen LogP contribution is -2.56. The fourth-order valence-corrected chi connectivity index (χ4v) is 3.62. The van der Waals surface area contributed by atoms with Crippen LogP contribution >= 0.6 is 0 Å². The molecule has 0 radical (unpaired) electrons. The van der Waals surface area contributed by atoms with Crippen LogP contribution in [0.5, 0.6) is 5.75 Å². The van der Waals surface area contributed by atoms with E-state index in [0.717, 1.165) is 17.4 Å². The highest BCUT2D eigenvalue weighted by molar-refractivity contribution is 5.98. The number of hydrogen-bond acceptors (Lipinski definition) is 5. The molecule has 9 nitrogen and oxygen atoms in total. The summed E-state index contributed by atoms with van der Waals surface area (Å²) in [5, 5.41) is 7.60. The quantitative estimate of drug-likeness (QED) is 0.561. The van der Waals surface area contributed by atoms with E-state index in [1.54, 1.807) is 29.9 Å². The summed E-state index contributed by atoms with van der Waals surface area (Å²) in [6.07, 6.45) is 3.58. The Morgan fingerprint density at radius 2 is 2.03 bits per heavy atom. The van der Waals surface area contributed by atoms with Gasteiger partial charge in [-0.3, -0.25) is 14.5 Å². The number of amides is 1. The van der Waals surface area contributed by atoms with Gasteiger partial charge < -0.3 is 24.8 Å². The molecule has 1 aromatic heterocycles. The topological polar surface area (TPSA) is 78.2 Å². The van der Waals surface area contributed by atoms with Gasteiger partial charge in [-0.05, 0) is 31.8 Å². The van der Waals surface area contributed by atoms with Crippen LogP contribution in [0.4, 0.5) is 5.69 Å². The van der Waals surface area contributed by atoms with Gasteiger partial charge in [-0.25, -0.2) is 0 Å². The van der Waals surface area contributed by atoms with Crippen LogP contribution < -0.4 is 15.0 Å². The average molecular weight is 414 g/mol. The van der Waals surface area contributed by atoms with Crippen molar-refractivity contribution in [1.29, 1.82) is 0 Å². The van der Waals surface area contributed by atoms with E-state index in [4.69, 9.17) is 4.74 Å². The van der Waals surface area contributed by atoms with E-state index in [1.165, 1.54) is 5.56 Å². The number of likely N-dealkylation sites (N-methyl/N-ethyl adjacent to an activating group) is 1. The maximum absolute atomic E-state index is 12.7. The van der Waals surface area contributed by atoms with Gasteiger partial charge in [-0.2, -0.15) is 5.10 Å². The van der Waals surface area contributed by atoms with E-state index < -0.39 is 0 Å². The van der Waals surface area contributed by atoms with Crippen molar-refractivity contribution in [2.45, 2.75) is 6.04 Å². The summed E-state index contributed by atoms with van der Waals surface area (Å²) in [6.45, 7) is 2.25. The van der Waals surface area contributed by atoms with E-state index in [0.29, 0.717) is 19.6 Å². The van der Waals surface area contributed by atoms with Crippen LogP contribution in [0.3, 0.4) is 0 Å². The molecular formula is C21H31N7O2. The van der Waals surface area contributed by atoms with Crippen LogP contribution in [0.1, 0.15) is 11.6 Å². The molecule has 1 unspecified atom stereocenters. The largest absolute Gasteiger partial charge is 0.497 e. The number of carbonyl (C=O) groups excluding carboxylic acids is 1. The Bertz CT molecular complexity index is 876. The van der Waals surface area contributed by atoms with E-state index in [9.17, 15) is 4.79 Å². The summed E-state index contributed by atoms with van der Waals surface area (Å²) in [6, 6.07) is 8.24. The van der Waals surface area contributed by atoms with Gasteiger partial charge >= 0.3 is 0 Å². The fraction of sp³-hybridized carbons (Fsp3) is 0.476. The maximum atomic E-state index is 12.7. The molecule has 0 aliphatic carbocycles. The molecule has 162 valence electrons. The molecule has 1 atom stereocenters. The number of rotatable bonds is 6. The van der Waals surface area contributed by atoms with Crippen molar-refractivity contribution in [3.63, 3.8) is 0 Å². The lowest BCUT2D eigenvalue weighted by Gasteiger charge is -2.36. The van der Waals surface area contributed by atoms with E-state index >= 15 is 0 Å². The van der Waals surface area contributed by atoms with Gasteiger partial charge in [0.25, 0.3) is 0 Å². The Morgan fingerprint density at radius 1 is 1.30 bits per heavy atom. The number of hydrogen-bond donors (Lipinski definition) is 1. The van der Waals surface area contributed by atoms with E-state index in [2.05, 4.69) is 46.5 Å². The summed E-state index contributed by atoms with van der Waals surface area (Å²) < 4.78 is 6.96. The number of nitrogens with one attached hydrogen (secondary N) is 1. The molecule has 3 rings (SSSR count). The van der Waals surface area contributed by atoms with Gasteiger partial charge in [-0.15, -0.1) is 0 Å². The lowest BCUT2D eigenvalue weighted by atomic mass is 10.1. The molecule has 1 aliphatic rings. The molecule has 2 heterocycles. The first-order valence-electron chi connectivity index (χ1n) is 9.98. The molecule has 0 saturated carbocycles. The first-order valence-corrected chi connectivity index (χ1v) is 9.98. The van der Waals surface area contributed by atoms with Crippen molar-refractivity contribution in [3.8, 4) is 5.75 Å². The molecule has 1 aromatic carbocycles. The standard InChI is InChI=1S/C21H31N7O2/c1-22-21(23-13-19(25(2)3)16-6-8-18(30-5)9-7-16)27-10-11-28(20(29)15-27)17-12-24-26(4)14-17/h6-9,12,14,19H,10-11,13,15H2,1-5H3,(H,22,23). The van der Waals surface area contributed by atoms with Crippen LogP contribution in [-0.2, 0) is 11.8 Å². The molecule has 0 bridgehead atoms. The predicted octanol–water partition coefficient (Wildman–Crippen LogP) is 0.956. The third-order valence-electron chi connectivity index (χ3n) is 5.31. The zero-order chi connectivity index (χ0) is 21.7. The molecule has 0 spiro atoms. The number of carbonyl (C=O) groups is 1. The predicted molar refractivity (Wildman–Crippen MR) is 118 cm³/mol. The van der Waals surface area contributed by atoms with Crippen molar-refractivity contribution in [2.24, 2.45) is 12.0 Å². The van der Waals surface area contributed by atoms with Crippen molar-refractivity contribution in [2.75, 3.05) is 59.3 Å². The second kappa shape index (κ2) is 9.62. The zero-order valence-corrected chi connectivity index (χ0v) is 18.4. The monoisotopic (exact) mass is 413 g/mol. The minimum Gasteiger partial charge on any atom is -0.497 e. The van der Waals surface area contributed by atoms with E-state index in [-0.39, 0.29) is 18.5 Å². The Labute approximate surface area is 177 Å². The Kier molecular flexibility index (Phi) is 6.94. The van der Waals surface area contributed by atoms with Gasteiger partial charge in [0.1, 0.15) is 12.3 Å². The minimum absolute atomic E-state index is 0.0384. The summed E-state index contributed by atoms with van der Waals surface area (Å²) in [4.78, 5) is 23.0. The molecule has 1 saturated heterocycles. The number of aromatic nitrogens is 2. The first-order chi connectivity index (χ1) is 14.4. The normalized spacial score (nSPS) is 16.2. The third-order valence-corrected chi connectivity index (χ3v) is 5.31. The Morgan fingerprint density at radius 3 is 2.57 bits per heavy atom. The molecule has 1 amide bonds. The van der Waals surface area contributed by atoms with Crippen LogP contribution in [0.15, 0.2) is 41.7 Å². The van der Waals surface area contributed by atoms with Gasteiger partial charge in [0.15, 0.2) is 5.96 Å². The number of ether oxygens (including phenoxy) is 1. The molecule has 1 N–H and O–H groups in total. The summed E-state index contributed by atoms with van der Waals surface area (Å²) >= 11 is 0. The number of aliphatic imine (C=N–C) groups is 1. The lowest BCUT2D eigenvalue weighted by molar-refractivity contribution is -0.120. The number of methoxy groups -OCH3 is 1. The van der Waals surface area contributed by atoms with Crippen molar-refractivity contribution < 1.29 is 9.53 Å². The zero-order valence-electron chi connectivity index (χ0n) is 18.4. The molecular weight excluding hydrogens is 382 g/mol. The van der Waals surface area contributed by atoms with Crippen molar-refractivity contribution in [1.82, 2.24) is 24.9 Å². The molecule has 30 heavy (non-hydrogen) atoms. The van der Waals surface area contributed by atoms with Crippen LogP contribution in [-0.4, -0.2) is 85.9 Å². The van der Waals surface area contributed by atoms with Gasteiger partial charge in [0.2, 0.25) is 5.91 Å². The minimum atomic E-state index is 0.0384. The molecule has 2 aromatic rings. The number of nitrogens with zero attached hydrogens (tertiary/aromatic N) is 6. The fourth-order valence-electron chi connectivity index (χ4n) is 3.62. The van der Waals surface area contributed by atoms with Gasteiger partial charge in [0.05, 0.1) is 25.0 Å². The maximum Gasteiger partial charge on any atom is 0.246 e. The summed E-state index contributed by atoms with van der Waals surface area (Å²) in [7, 11) is 9.36. The van der Waals surface area contributed by atoms with Crippen molar-refractivity contribution in [3.05, 3.63) is 42.2 Å². The SMILES string of the molecule is CN=C(NCC(c1ccc(OC)cc1)N(C)C)N1CCN(c2cnn(C)c2)C(=O)C1. The van der Waals surface area contributed by atoms with Gasteiger partial charge in [0, 0.05) is 39.9 Å². The number of guanidine groups is 1. The number of piperazine rings is 1. The number of anilines is 1. The average Bonchev–Trinajstić information content (AvgIpc) is 3.17. The summed E-state index contributed by atoms with van der Waals surface area (Å²) in [5.41, 5.74) is 2.01. The molecule has 9 heteroatoms. The van der Waals surface area contributed by atoms with Crippen LogP contribution in [0.2, 0.25) is 0 Å². The third kappa shape index (κ3) is 4.91. The molecule has 1 aliphatic heterocycles. The van der Waals surface area contributed by atoms with Crippen LogP contribution in [0, 0.1) is 0 Å². The number of aryl methyl sites for hydroxylation is 1. The van der Waals surface area contributed by atoms with Crippen molar-refractivity contribution >= 4 is 17.6 Å². The van der Waals surface area contributed by atoms with Crippen LogP contribution in [0.25, 0.3) is 0 Å². The highest BCUT2D eigenvalue weighted by Gasteiger charge is 2.28. The van der Waals surface area contributed by atoms with E-state index in [1.807, 2.05) is 30.3 Å². The molecule has 1 fully saturated rings. The Balaban J connectivity index is 1.62. The second-order valence-electron chi connectivity index (χ2n) is 7.52. The first kappa shape index (κ1) is 21.6. The highest BCUT2D eigenvalue weighted by Crippen LogP contribution is 2.21. The highest BCUT2D eigenvalue weighted by atomic mass is 16.5. The second-order valence-corrected chi connectivity index (χ2v) is 7.52.